The van der Waals surface area contributed by atoms with Gasteiger partial charge in [-0.05, 0) is 32.6 Å². The summed E-state index contributed by atoms with van der Waals surface area (Å²) in [5.74, 6) is 0.666. The van der Waals surface area contributed by atoms with Crippen molar-refractivity contribution in [3.8, 4) is 0 Å². The van der Waals surface area contributed by atoms with Crippen LogP contribution in [0.3, 0.4) is 0 Å². The summed E-state index contributed by atoms with van der Waals surface area (Å²) in [6.45, 7) is 9.34. The second kappa shape index (κ2) is 8.39. The molecule has 2 N–H and O–H groups in total. The summed E-state index contributed by atoms with van der Waals surface area (Å²) in [6, 6.07) is 0.121. The molecule has 0 saturated heterocycles. The van der Waals surface area contributed by atoms with Crippen molar-refractivity contribution in [2.24, 2.45) is 5.92 Å². The second-order valence-corrected chi connectivity index (χ2v) is 4.63. The summed E-state index contributed by atoms with van der Waals surface area (Å²) < 4.78 is 0. The fraction of sp³-hybridized carbons (Fsp3) is 0.917. The van der Waals surface area contributed by atoms with Crippen LogP contribution in [0, 0.1) is 5.92 Å². The molecule has 0 aliphatic carbocycles. The van der Waals surface area contributed by atoms with E-state index in [2.05, 4.69) is 19.2 Å². The molecule has 0 fully saturated rings. The molecule has 0 aliphatic rings. The predicted molar refractivity (Wildman–Crippen MR) is 66.4 cm³/mol. The Morgan fingerprint density at radius 3 is 2.38 bits per heavy atom. The van der Waals surface area contributed by atoms with Crippen LogP contribution in [0.2, 0.25) is 0 Å². The fourth-order valence-electron chi connectivity index (χ4n) is 1.48. The molecule has 0 aliphatic heterocycles. The van der Waals surface area contributed by atoms with Gasteiger partial charge in [0.15, 0.2) is 0 Å². The molecule has 96 valence electrons. The highest BCUT2D eigenvalue weighted by Crippen LogP contribution is 2.06. The zero-order chi connectivity index (χ0) is 12.6. The highest BCUT2D eigenvalue weighted by atomic mass is 16.3. The van der Waals surface area contributed by atoms with Crippen molar-refractivity contribution in [2.75, 3.05) is 19.7 Å². The molecule has 2 amide bonds. The van der Waals surface area contributed by atoms with Crippen LogP contribution in [-0.4, -0.2) is 41.8 Å². The van der Waals surface area contributed by atoms with E-state index in [1.165, 1.54) is 0 Å². The van der Waals surface area contributed by atoms with Gasteiger partial charge in [0, 0.05) is 19.1 Å². The first kappa shape index (κ1) is 15.2. The number of aliphatic hydroxyl groups excluding tert-OH is 1. The first-order valence-corrected chi connectivity index (χ1v) is 6.17. The van der Waals surface area contributed by atoms with Crippen LogP contribution in [0.4, 0.5) is 4.79 Å². The van der Waals surface area contributed by atoms with E-state index in [-0.39, 0.29) is 18.7 Å². The Labute approximate surface area is 99.0 Å². The summed E-state index contributed by atoms with van der Waals surface area (Å²) in [5, 5.41) is 11.8. The lowest BCUT2D eigenvalue weighted by atomic mass is 10.0. The number of rotatable bonds is 7. The largest absolute Gasteiger partial charge is 0.395 e. The molecule has 4 heteroatoms. The van der Waals surface area contributed by atoms with Crippen LogP contribution >= 0.6 is 0 Å². The molecule has 0 saturated carbocycles. The van der Waals surface area contributed by atoms with Crippen molar-refractivity contribution < 1.29 is 9.90 Å². The summed E-state index contributed by atoms with van der Waals surface area (Å²) in [7, 11) is 0. The Morgan fingerprint density at radius 2 is 1.94 bits per heavy atom. The number of aliphatic hydroxyl groups is 1. The SMILES string of the molecule is CCN(CCO)C(=O)NC(C)CCC(C)C. The smallest absolute Gasteiger partial charge is 0.317 e. The molecule has 1 atom stereocenters. The van der Waals surface area contributed by atoms with E-state index < -0.39 is 0 Å². The van der Waals surface area contributed by atoms with E-state index in [9.17, 15) is 4.79 Å². The maximum atomic E-state index is 11.7. The molecule has 0 aromatic heterocycles. The van der Waals surface area contributed by atoms with Gasteiger partial charge in [0.1, 0.15) is 0 Å². The van der Waals surface area contributed by atoms with Gasteiger partial charge in [-0.25, -0.2) is 4.79 Å². The van der Waals surface area contributed by atoms with Crippen molar-refractivity contribution in [1.29, 1.82) is 0 Å². The highest BCUT2D eigenvalue weighted by Gasteiger charge is 2.13. The number of carbonyl (C=O) groups is 1. The Hall–Kier alpha value is -0.770. The Bertz CT molecular complexity index is 195. The third-order valence-electron chi connectivity index (χ3n) is 2.59. The molecule has 0 heterocycles. The standard InChI is InChI=1S/C12H26N2O2/c1-5-14(8-9-15)12(16)13-11(4)7-6-10(2)3/h10-11,15H,5-9H2,1-4H3,(H,13,16). The number of amides is 2. The monoisotopic (exact) mass is 230 g/mol. The Balaban J connectivity index is 3.91. The van der Waals surface area contributed by atoms with Gasteiger partial charge in [-0.2, -0.15) is 0 Å². The molecule has 16 heavy (non-hydrogen) atoms. The number of hydrogen-bond donors (Lipinski definition) is 2. The average Bonchev–Trinajstić information content (AvgIpc) is 2.22. The van der Waals surface area contributed by atoms with Crippen LogP contribution in [0.1, 0.15) is 40.5 Å². The van der Waals surface area contributed by atoms with E-state index in [0.29, 0.717) is 19.0 Å². The molecule has 0 bridgehead atoms. The molecule has 1 unspecified atom stereocenters. The normalized spacial score (nSPS) is 12.6. The number of carbonyl (C=O) groups excluding carboxylic acids is 1. The van der Waals surface area contributed by atoms with Gasteiger partial charge >= 0.3 is 6.03 Å². The minimum atomic E-state index is -0.0761. The molecule has 0 spiro atoms. The van der Waals surface area contributed by atoms with Crippen LogP contribution in [0.15, 0.2) is 0 Å². The van der Waals surface area contributed by atoms with Crippen LogP contribution in [0.25, 0.3) is 0 Å². The van der Waals surface area contributed by atoms with Crippen molar-refractivity contribution in [3.63, 3.8) is 0 Å². The lowest BCUT2D eigenvalue weighted by Crippen LogP contribution is -2.44. The molecule has 0 aromatic rings. The number of nitrogens with one attached hydrogen (secondary N) is 1. The summed E-state index contributed by atoms with van der Waals surface area (Å²) in [5.41, 5.74) is 0. The lowest BCUT2D eigenvalue weighted by molar-refractivity contribution is 0.177. The Morgan fingerprint density at radius 1 is 1.31 bits per heavy atom. The molecule has 0 radical (unpaired) electrons. The molecule has 0 aromatic carbocycles. The van der Waals surface area contributed by atoms with Crippen molar-refractivity contribution >= 4 is 6.03 Å². The summed E-state index contributed by atoms with van der Waals surface area (Å²) in [4.78, 5) is 13.3. The van der Waals surface area contributed by atoms with Crippen LogP contribution in [0.5, 0.6) is 0 Å². The second-order valence-electron chi connectivity index (χ2n) is 4.63. The van der Waals surface area contributed by atoms with Gasteiger partial charge in [0.25, 0.3) is 0 Å². The summed E-state index contributed by atoms with van der Waals surface area (Å²) in [6.07, 6.45) is 2.12. The van der Waals surface area contributed by atoms with Crippen molar-refractivity contribution in [2.45, 2.75) is 46.6 Å². The quantitative estimate of drug-likeness (QED) is 0.701. The molecular weight excluding hydrogens is 204 g/mol. The van der Waals surface area contributed by atoms with Gasteiger partial charge in [0.2, 0.25) is 0 Å². The molecule has 4 nitrogen and oxygen atoms in total. The van der Waals surface area contributed by atoms with E-state index in [1.807, 2.05) is 13.8 Å². The third kappa shape index (κ3) is 6.67. The minimum Gasteiger partial charge on any atom is -0.395 e. The van der Waals surface area contributed by atoms with E-state index in [0.717, 1.165) is 12.8 Å². The van der Waals surface area contributed by atoms with E-state index in [1.54, 1.807) is 4.90 Å². The minimum absolute atomic E-state index is 0.0155. The number of likely N-dealkylation sites (N-methyl/N-ethyl adjacent to an activating group) is 1. The van der Waals surface area contributed by atoms with Crippen molar-refractivity contribution in [3.05, 3.63) is 0 Å². The average molecular weight is 230 g/mol. The number of nitrogens with zero attached hydrogens (tertiary/aromatic N) is 1. The maximum Gasteiger partial charge on any atom is 0.317 e. The van der Waals surface area contributed by atoms with Crippen LogP contribution in [-0.2, 0) is 0 Å². The fourth-order valence-corrected chi connectivity index (χ4v) is 1.48. The van der Waals surface area contributed by atoms with E-state index in [4.69, 9.17) is 5.11 Å². The van der Waals surface area contributed by atoms with Gasteiger partial charge in [-0.3, -0.25) is 0 Å². The zero-order valence-electron chi connectivity index (χ0n) is 11.0. The number of urea groups is 1. The van der Waals surface area contributed by atoms with Crippen LogP contribution < -0.4 is 5.32 Å². The van der Waals surface area contributed by atoms with Gasteiger partial charge < -0.3 is 15.3 Å². The van der Waals surface area contributed by atoms with Gasteiger partial charge in [-0.1, -0.05) is 13.8 Å². The Kier molecular flexibility index (Phi) is 7.99. The first-order valence-electron chi connectivity index (χ1n) is 6.17. The predicted octanol–water partition coefficient (Wildman–Crippen LogP) is 1.83. The lowest BCUT2D eigenvalue weighted by Gasteiger charge is -2.23. The number of hydrogen-bond acceptors (Lipinski definition) is 2. The maximum absolute atomic E-state index is 11.7. The topological polar surface area (TPSA) is 52.6 Å². The van der Waals surface area contributed by atoms with Gasteiger partial charge in [0.05, 0.1) is 6.61 Å². The molecular formula is C12H26N2O2. The third-order valence-corrected chi connectivity index (χ3v) is 2.59. The highest BCUT2D eigenvalue weighted by molar-refractivity contribution is 5.74. The van der Waals surface area contributed by atoms with Gasteiger partial charge in [-0.15, -0.1) is 0 Å². The molecule has 0 rings (SSSR count). The zero-order valence-corrected chi connectivity index (χ0v) is 11.0. The van der Waals surface area contributed by atoms with E-state index >= 15 is 0 Å². The summed E-state index contributed by atoms with van der Waals surface area (Å²) >= 11 is 0. The van der Waals surface area contributed by atoms with Crippen molar-refractivity contribution in [1.82, 2.24) is 10.2 Å². The first-order chi connectivity index (χ1) is 7.51.